The lowest BCUT2D eigenvalue weighted by molar-refractivity contribution is -0.146. The molecule has 0 saturated heterocycles. The fourth-order valence-electron chi connectivity index (χ4n) is 1.79. The van der Waals surface area contributed by atoms with Gasteiger partial charge in [-0.2, -0.15) is 0 Å². The monoisotopic (exact) mass is 339 g/mol. The van der Waals surface area contributed by atoms with Gasteiger partial charge in [0.05, 0.1) is 12.1 Å². The predicted molar refractivity (Wildman–Crippen MR) is 81.1 cm³/mol. The molecule has 7 heteroatoms. The minimum Gasteiger partial charge on any atom is -0.455 e. The van der Waals surface area contributed by atoms with E-state index in [2.05, 4.69) is 5.32 Å². The summed E-state index contributed by atoms with van der Waals surface area (Å²) in [6.07, 6.45) is -0.170. The Morgan fingerprint density at radius 1 is 1.13 bits per heavy atom. The molecule has 2 rings (SSSR count). The predicted octanol–water partition coefficient (Wildman–Crippen LogP) is 3.34. The second-order valence-electron chi connectivity index (χ2n) is 4.64. The average molecular weight is 340 g/mol. The standard InChI is InChI=1S/C16H12ClF2NO3/c17-11-4-5-13(19)14(8-11)20-15(21)9-23-16(22)7-10-2-1-3-12(18)6-10/h1-6,8H,7,9H2,(H,20,21). The molecule has 0 aliphatic carbocycles. The van der Waals surface area contributed by atoms with Crippen LogP contribution in [0.4, 0.5) is 14.5 Å². The third kappa shape index (κ3) is 5.34. The molecule has 0 atom stereocenters. The molecule has 1 amide bonds. The Labute approximate surface area is 136 Å². The zero-order valence-electron chi connectivity index (χ0n) is 11.8. The van der Waals surface area contributed by atoms with Gasteiger partial charge in [0.1, 0.15) is 11.6 Å². The molecule has 2 aromatic carbocycles. The molecule has 0 unspecified atom stereocenters. The zero-order chi connectivity index (χ0) is 16.8. The first kappa shape index (κ1) is 16.9. The molecule has 2 aromatic rings. The molecule has 0 heterocycles. The van der Waals surface area contributed by atoms with Crippen molar-refractivity contribution in [1.82, 2.24) is 0 Å². The van der Waals surface area contributed by atoms with Crippen LogP contribution in [0.3, 0.4) is 0 Å². The number of benzene rings is 2. The van der Waals surface area contributed by atoms with E-state index in [0.29, 0.717) is 5.56 Å². The van der Waals surface area contributed by atoms with E-state index in [9.17, 15) is 18.4 Å². The van der Waals surface area contributed by atoms with Gasteiger partial charge in [0.2, 0.25) is 0 Å². The van der Waals surface area contributed by atoms with Crippen LogP contribution in [-0.4, -0.2) is 18.5 Å². The van der Waals surface area contributed by atoms with Gasteiger partial charge in [-0.25, -0.2) is 8.78 Å². The van der Waals surface area contributed by atoms with E-state index in [1.807, 2.05) is 0 Å². The van der Waals surface area contributed by atoms with Crippen LogP contribution >= 0.6 is 11.6 Å². The van der Waals surface area contributed by atoms with Crippen molar-refractivity contribution < 1.29 is 23.1 Å². The summed E-state index contributed by atoms with van der Waals surface area (Å²) in [5, 5.41) is 2.50. The number of anilines is 1. The highest BCUT2D eigenvalue weighted by molar-refractivity contribution is 6.30. The number of rotatable bonds is 5. The molecule has 0 saturated carbocycles. The number of hydrogen-bond acceptors (Lipinski definition) is 3. The number of esters is 1. The van der Waals surface area contributed by atoms with E-state index >= 15 is 0 Å². The van der Waals surface area contributed by atoms with Gasteiger partial charge in [-0.3, -0.25) is 9.59 Å². The summed E-state index contributed by atoms with van der Waals surface area (Å²) in [4.78, 5) is 23.2. The molecule has 0 spiro atoms. The fraction of sp³-hybridized carbons (Fsp3) is 0.125. The quantitative estimate of drug-likeness (QED) is 0.850. The molecule has 0 aliphatic heterocycles. The van der Waals surface area contributed by atoms with Crippen molar-refractivity contribution in [2.24, 2.45) is 0 Å². The van der Waals surface area contributed by atoms with Crippen molar-refractivity contribution in [3.63, 3.8) is 0 Å². The van der Waals surface area contributed by atoms with Gasteiger partial charge in [0.15, 0.2) is 6.61 Å². The van der Waals surface area contributed by atoms with Gasteiger partial charge in [0.25, 0.3) is 5.91 Å². The molecule has 0 aliphatic rings. The first-order chi connectivity index (χ1) is 10.9. The Hall–Kier alpha value is -2.47. The minimum atomic E-state index is -0.709. The first-order valence-corrected chi connectivity index (χ1v) is 6.97. The van der Waals surface area contributed by atoms with Gasteiger partial charge in [-0.1, -0.05) is 23.7 Å². The molecule has 1 N–H and O–H groups in total. The van der Waals surface area contributed by atoms with E-state index in [0.717, 1.165) is 6.07 Å². The van der Waals surface area contributed by atoms with Crippen molar-refractivity contribution in [3.05, 3.63) is 64.7 Å². The summed E-state index contributed by atoms with van der Waals surface area (Å²) in [6, 6.07) is 9.16. The minimum absolute atomic E-state index is 0.108. The molecular weight excluding hydrogens is 328 g/mol. The van der Waals surface area contributed by atoms with Crippen LogP contribution in [0.15, 0.2) is 42.5 Å². The third-order valence-corrected chi connectivity index (χ3v) is 3.04. The van der Waals surface area contributed by atoms with Crippen molar-refractivity contribution >= 4 is 29.2 Å². The van der Waals surface area contributed by atoms with E-state index in [1.165, 1.54) is 30.3 Å². The number of amides is 1. The lowest BCUT2D eigenvalue weighted by Gasteiger charge is -2.08. The van der Waals surface area contributed by atoms with E-state index < -0.39 is 30.1 Å². The summed E-state index contributed by atoms with van der Waals surface area (Å²) < 4.78 is 31.2. The van der Waals surface area contributed by atoms with Gasteiger partial charge in [0, 0.05) is 5.02 Å². The zero-order valence-corrected chi connectivity index (χ0v) is 12.6. The SMILES string of the molecule is O=C(COC(=O)Cc1cccc(F)c1)Nc1cc(Cl)ccc1F. The summed E-state index contributed by atoms with van der Waals surface area (Å²) in [6.45, 7) is -0.583. The number of nitrogens with one attached hydrogen (secondary N) is 1. The van der Waals surface area contributed by atoms with Gasteiger partial charge < -0.3 is 10.1 Å². The summed E-state index contributed by atoms with van der Waals surface area (Å²) in [5.41, 5.74) is 0.319. The number of ether oxygens (including phenoxy) is 1. The van der Waals surface area contributed by atoms with Crippen LogP contribution in [-0.2, 0) is 20.7 Å². The smallest absolute Gasteiger partial charge is 0.310 e. The first-order valence-electron chi connectivity index (χ1n) is 6.59. The third-order valence-electron chi connectivity index (χ3n) is 2.80. The molecule has 0 radical (unpaired) electrons. The number of hydrogen-bond donors (Lipinski definition) is 1. The molecular formula is C16H12ClF2NO3. The fourth-order valence-corrected chi connectivity index (χ4v) is 1.96. The topological polar surface area (TPSA) is 55.4 Å². The Kier molecular flexibility index (Phi) is 5.65. The molecule has 4 nitrogen and oxygen atoms in total. The van der Waals surface area contributed by atoms with Crippen molar-refractivity contribution in [2.45, 2.75) is 6.42 Å². The summed E-state index contributed by atoms with van der Waals surface area (Å²) in [5.74, 6) is -2.53. The Bertz CT molecular complexity index is 737. The molecule has 120 valence electrons. The van der Waals surface area contributed by atoms with Crippen LogP contribution in [0.1, 0.15) is 5.56 Å². The van der Waals surface area contributed by atoms with Gasteiger partial charge in [-0.05, 0) is 35.9 Å². The van der Waals surface area contributed by atoms with Crippen molar-refractivity contribution in [2.75, 3.05) is 11.9 Å². The van der Waals surface area contributed by atoms with Crippen LogP contribution in [0.25, 0.3) is 0 Å². The van der Waals surface area contributed by atoms with E-state index in [1.54, 1.807) is 6.07 Å². The Balaban J connectivity index is 1.84. The summed E-state index contributed by atoms with van der Waals surface area (Å²) >= 11 is 5.70. The second kappa shape index (κ2) is 7.69. The number of halogens is 3. The van der Waals surface area contributed by atoms with Gasteiger partial charge >= 0.3 is 5.97 Å². The lowest BCUT2D eigenvalue weighted by Crippen LogP contribution is -2.22. The maximum atomic E-state index is 13.4. The van der Waals surface area contributed by atoms with Crippen LogP contribution in [0, 0.1) is 11.6 Å². The average Bonchev–Trinajstić information content (AvgIpc) is 2.49. The van der Waals surface area contributed by atoms with Gasteiger partial charge in [-0.15, -0.1) is 0 Å². The number of carbonyl (C=O) groups is 2. The maximum Gasteiger partial charge on any atom is 0.310 e. The molecule has 0 aromatic heterocycles. The highest BCUT2D eigenvalue weighted by Gasteiger charge is 2.11. The van der Waals surface area contributed by atoms with Crippen LogP contribution in [0.5, 0.6) is 0 Å². The van der Waals surface area contributed by atoms with Crippen molar-refractivity contribution in [3.8, 4) is 0 Å². The van der Waals surface area contributed by atoms with E-state index in [4.69, 9.17) is 16.3 Å². The summed E-state index contributed by atoms with van der Waals surface area (Å²) in [7, 11) is 0. The normalized spacial score (nSPS) is 10.2. The Morgan fingerprint density at radius 2 is 1.91 bits per heavy atom. The lowest BCUT2D eigenvalue weighted by atomic mass is 10.1. The van der Waals surface area contributed by atoms with Crippen LogP contribution < -0.4 is 5.32 Å². The maximum absolute atomic E-state index is 13.4. The highest BCUT2D eigenvalue weighted by atomic mass is 35.5. The molecule has 0 fully saturated rings. The number of carbonyl (C=O) groups excluding carboxylic acids is 2. The van der Waals surface area contributed by atoms with E-state index in [-0.39, 0.29) is 17.1 Å². The molecule has 0 bridgehead atoms. The largest absolute Gasteiger partial charge is 0.455 e. The van der Waals surface area contributed by atoms with Crippen molar-refractivity contribution in [1.29, 1.82) is 0 Å². The Morgan fingerprint density at radius 3 is 2.65 bits per heavy atom. The second-order valence-corrected chi connectivity index (χ2v) is 5.08. The molecule has 23 heavy (non-hydrogen) atoms. The highest BCUT2D eigenvalue weighted by Crippen LogP contribution is 2.19. The van der Waals surface area contributed by atoms with Crippen LogP contribution in [0.2, 0.25) is 5.02 Å².